The van der Waals surface area contributed by atoms with E-state index >= 15 is 0 Å². The van der Waals surface area contributed by atoms with Crippen LogP contribution in [0.5, 0.6) is 0 Å². The Morgan fingerprint density at radius 2 is 2.38 bits per heavy atom. The molecule has 0 fully saturated rings. The van der Waals surface area contributed by atoms with E-state index in [1.807, 2.05) is 6.92 Å². The van der Waals surface area contributed by atoms with Crippen molar-refractivity contribution >= 4 is 11.7 Å². The average molecular weight is 225 g/mol. The predicted molar refractivity (Wildman–Crippen MR) is 62.3 cm³/mol. The van der Waals surface area contributed by atoms with Gasteiger partial charge in [-0.3, -0.25) is 4.79 Å². The molecule has 1 aromatic heterocycles. The third-order valence-corrected chi connectivity index (χ3v) is 2.10. The first kappa shape index (κ1) is 12.7. The molecule has 0 aromatic carbocycles. The lowest BCUT2D eigenvalue weighted by Crippen LogP contribution is -2.17. The van der Waals surface area contributed by atoms with E-state index in [9.17, 15) is 4.79 Å². The molecule has 5 nitrogen and oxygen atoms in total. The Hall–Kier alpha value is -1.36. The van der Waals surface area contributed by atoms with Crippen molar-refractivity contribution in [2.75, 3.05) is 18.5 Å². The largest absolute Gasteiger partial charge is 0.381 e. The van der Waals surface area contributed by atoms with E-state index < -0.39 is 0 Å². The van der Waals surface area contributed by atoms with E-state index in [0.29, 0.717) is 19.6 Å². The van der Waals surface area contributed by atoms with Gasteiger partial charge in [0.1, 0.15) is 5.82 Å². The van der Waals surface area contributed by atoms with Crippen molar-refractivity contribution in [2.24, 2.45) is 0 Å². The second-order valence-electron chi connectivity index (χ2n) is 3.43. The van der Waals surface area contributed by atoms with Gasteiger partial charge in [-0.05, 0) is 13.3 Å². The van der Waals surface area contributed by atoms with Gasteiger partial charge >= 0.3 is 0 Å². The maximum Gasteiger partial charge on any atom is 0.227 e. The normalized spacial score (nSPS) is 10.4. The van der Waals surface area contributed by atoms with E-state index in [1.54, 1.807) is 16.9 Å². The van der Waals surface area contributed by atoms with Crippen LogP contribution in [0.4, 0.5) is 5.82 Å². The van der Waals surface area contributed by atoms with Crippen LogP contribution in [0.3, 0.4) is 0 Å². The molecular formula is C11H19N3O2. The van der Waals surface area contributed by atoms with Crippen LogP contribution in [0.15, 0.2) is 12.3 Å². The van der Waals surface area contributed by atoms with Crippen molar-refractivity contribution < 1.29 is 9.53 Å². The average Bonchev–Trinajstić information content (AvgIpc) is 2.67. The van der Waals surface area contributed by atoms with Crippen molar-refractivity contribution in [3.05, 3.63) is 12.3 Å². The molecule has 1 heterocycles. The molecule has 0 spiro atoms. The Balaban J connectivity index is 2.39. The van der Waals surface area contributed by atoms with Gasteiger partial charge in [0, 0.05) is 19.2 Å². The number of nitrogens with zero attached hydrogens (tertiary/aromatic N) is 2. The summed E-state index contributed by atoms with van der Waals surface area (Å²) in [6.45, 7) is 5.90. The van der Waals surface area contributed by atoms with Gasteiger partial charge in [-0.15, -0.1) is 0 Å². The smallest absolute Gasteiger partial charge is 0.227 e. The summed E-state index contributed by atoms with van der Waals surface area (Å²) in [7, 11) is 0. The Morgan fingerprint density at radius 3 is 3.06 bits per heavy atom. The number of carbonyl (C=O) groups is 1. The zero-order valence-electron chi connectivity index (χ0n) is 9.90. The van der Waals surface area contributed by atoms with Gasteiger partial charge in [-0.25, -0.2) is 4.68 Å². The van der Waals surface area contributed by atoms with Crippen LogP contribution in [-0.2, 0) is 16.1 Å². The van der Waals surface area contributed by atoms with E-state index in [1.165, 1.54) is 0 Å². The molecule has 1 aromatic rings. The van der Waals surface area contributed by atoms with Gasteiger partial charge in [-0.1, -0.05) is 6.92 Å². The fourth-order valence-corrected chi connectivity index (χ4v) is 1.34. The first-order chi connectivity index (χ1) is 7.77. The van der Waals surface area contributed by atoms with Gasteiger partial charge in [-0.2, -0.15) is 5.10 Å². The second-order valence-corrected chi connectivity index (χ2v) is 3.43. The van der Waals surface area contributed by atoms with Crippen LogP contribution < -0.4 is 5.32 Å². The van der Waals surface area contributed by atoms with E-state index in [-0.39, 0.29) is 5.91 Å². The van der Waals surface area contributed by atoms with E-state index in [0.717, 1.165) is 18.8 Å². The number of aromatic nitrogens is 2. The molecule has 0 aliphatic carbocycles. The molecule has 0 radical (unpaired) electrons. The molecule has 0 saturated carbocycles. The Labute approximate surface area is 95.8 Å². The fourth-order valence-electron chi connectivity index (χ4n) is 1.34. The van der Waals surface area contributed by atoms with Crippen molar-refractivity contribution in [1.29, 1.82) is 0 Å². The lowest BCUT2D eigenvalue weighted by atomic mass is 10.4. The summed E-state index contributed by atoms with van der Waals surface area (Å²) in [6.07, 6.45) is 3.06. The minimum Gasteiger partial charge on any atom is -0.381 e. The number of anilines is 1. The third-order valence-electron chi connectivity index (χ3n) is 2.10. The lowest BCUT2D eigenvalue weighted by Gasteiger charge is -2.07. The standard InChI is InChI=1S/C11H19N3O2/c1-3-8-14-10(5-7-12-14)13-11(15)6-9-16-4-2/h5,7H,3-4,6,8-9H2,1-2H3,(H,13,15). The topological polar surface area (TPSA) is 56.2 Å². The number of amides is 1. The molecule has 1 N–H and O–H groups in total. The number of hydrogen-bond donors (Lipinski definition) is 1. The maximum absolute atomic E-state index is 11.5. The van der Waals surface area contributed by atoms with Crippen molar-refractivity contribution in [3.63, 3.8) is 0 Å². The van der Waals surface area contributed by atoms with Gasteiger partial charge in [0.05, 0.1) is 19.2 Å². The number of rotatable bonds is 7. The molecule has 0 saturated heterocycles. The van der Waals surface area contributed by atoms with Gasteiger partial charge in [0.2, 0.25) is 5.91 Å². The zero-order valence-corrected chi connectivity index (χ0v) is 9.90. The second kappa shape index (κ2) is 7.00. The Morgan fingerprint density at radius 1 is 1.56 bits per heavy atom. The fraction of sp³-hybridized carbons (Fsp3) is 0.636. The summed E-state index contributed by atoms with van der Waals surface area (Å²) in [6, 6.07) is 1.80. The molecule has 0 unspecified atom stereocenters. The predicted octanol–water partition coefficient (Wildman–Crippen LogP) is 1.66. The van der Waals surface area contributed by atoms with Crippen LogP contribution in [0.25, 0.3) is 0 Å². The third kappa shape index (κ3) is 4.02. The minimum absolute atomic E-state index is 0.0358. The van der Waals surface area contributed by atoms with Gasteiger partial charge < -0.3 is 10.1 Å². The van der Waals surface area contributed by atoms with E-state index in [4.69, 9.17) is 4.74 Å². The van der Waals surface area contributed by atoms with Crippen LogP contribution in [0.1, 0.15) is 26.7 Å². The molecule has 0 atom stereocenters. The summed E-state index contributed by atoms with van der Waals surface area (Å²) in [5, 5.41) is 6.94. The molecule has 16 heavy (non-hydrogen) atoms. The summed E-state index contributed by atoms with van der Waals surface area (Å²) < 4.78 is 6.91. The van der Waals surface area contributed by atoms with Gasteiger partial charge in [0.25, 0.3) is 0 Å². The van der Waals surface area contributed by atoms with Crippen LogP contribution in [-0.4, -0.2) is 28.9 Å². The summed E-state index contributed by atoms with van der Waals surface area (Å²) >= 11 is 0. The van der Waals surface area contributed by atoms with Crippen molar-refractivity contribution in [3.8, 4) is 0 Å². The lowest BCUT2D eigenvalue weighted by molar-refractivity contribution is -0.117. The van der Waals surface area contributed by atoms with Crippen molar-refractivity contribution in [1.82, 2.24) is 9.78 Å². The number of aryl methyl sites for hydroxylation is 1. The minimum atomic E-state index is -0.0358. The monoisotopic (exact) mass is 225 g/mol. The zero-order chi connectivity index (χ0) is 11.8. The molecule has 0 bridgehead atoms. The summed E-state index contributed by atoms with van der Waals surface area (Å²) in [5.41, 5.74) is 0. The first-order valence-corrected chi connectivity index (χ1v) is 5.67. The SMILES string of the molecule is CCCn1nccc1NC(=O)CCOCC. The quantitative estimate of drug-likeness (QED) is 0.718. The Kier molecular flexibility index (Phi) is 5.56. The van der Waals surface area contributed by atoms with Gasteiger partial charge in [0.15, 0.2) is 0 Å². The van der Waals surface area contributed by atoms with Crippen LogP contribution in [0, 0.1) is 0 Å². The Bertz CT molecular complexity index is 323. The molecule has 0 aliphatic heterocycles. The number of carbonyl (C=O) groups excluding carboxylic acids is 1. The summed E-state index contributed by atoms with van der Waals surface area (Å²) in [4.78, 5) is 11.5. The number of ether oxygens (including phenoxy) is 1. The van der Waals surface area contributed by atoms with Crippen LogP contribution >= 0.6 is 0 Å². The number of hydrogen-bond acceptors (Lipinski definition) is 3. The van der Waals surface area contributed by atoms with E-state index in [2.05, 4.69) is 17.3 Å². The molecule has 90 valence electrons. The first-order valence-electron chi connectivity index (χ1n) is 5.67. The highest BCUT2D eigenvalue weighted by Crippen LogP contribution is 2.07. The van der Waals surface area contributed by atoms with Crippen LogP contribution in [0.2, 0.25) is 0 Å². The molecule has 5 heteroatoms. The highest BCUT2D eigenvalue weighted by atomic mass is 16.5. The maximum atomic E-state index is 11.5. The highest BCUT2D eigenvalue weighted by molar-refractivity contribution is 5.89. The molecule has 1 rings (SSSR count). The summed E-state index contributed by atoms with van der Waals surface area (Å²) in [5.74, 6) is 0.717. The molecular weight excluding hydrogens is 206 g/mol. The molecule has 1 amide bonds. The highest BCUT2D eigenvalue weighted by Gasteiger charge is 2.06. The molecule has 0 aliphatic rings. The number of nitrogens with one attached hydrogen (secondary N) is 1. The van der Waals surface area contributed by atoms with Crippen molar-refractivity contribution in [2.45, 2.75) is 33.2 Å².